The third kappa shape index (κ3) is 3.90. The Kier molecular flexibility index (Phi) is 5.88. The maximum atomic E-state index is 13.2. The zero-order chi connectivity index (χ0) is 18.1. The molecule has 0 aromatic heterocycles. The number of sulfonamides is 1. The van der Waals surface area contributed by atoms with Gasteiger partial charge in [-0.3, -0.25) is 4.79 Å². The van der Waals surface area contributed by atoms with Crippen molar-refractivity contribution < 1.29 is 13.2 Å². The first-order valence-electron chi connectivity index (χ1n) is 7.85. The topological polar surface area (TPSA) is 66.5 Å². The largest absolute Gasteiger partial charge is 0.350 e. The molecule has 1 heterocycles. The molecular formula is C17H23BrN2O3S. The van der Waals surface area contributed by atoms with E-state index in [9.17, 15) is 13.2 Å². The highest BCUT2D eigenvalue weighted by Crippen LogP contribution is 2.30. The van der Waals surface area contributed by atoms with Crippen LogP contribution in [0.4, 0.5) is 0 Å². The lowest BCUT2D eigenvalue weighted by molar-refractivity contribution is -0.123. The number of amides is 1. The molecule has 0 bridgehead atoms. The minimum atomic E-state index is -3.71. The number of hydrogen-bond acceptors (Lipinski definition) is 3. The number of nitrogens with zero attached hydrogens (tertiary/aromatic N) is 1. The van der Waals surface area contributed by atoms with Crippen molar-refractivity contribution in [2.24, 2.45) is 0 Å². The van der Waals surface area contributed by atoms with E-state index >= 15 is 0 Å². The third-order valence-electron chi connectivity index (χ3n) is 4.13. The van der Waals surface area contributed by atoms with Gasteiger partial charge in [0.15, 0.2) is 0 Å². The van der Waals surface area contributed by atoms with Crippen LogP contribution in [0.1, 0.15) is 29.5 Å². The molecule has 1 fully saturated rings. The summed E-state index contributed by atoms with van der Waals surface area (Å²) < 4.78 is 28.3. The Hall–Kier alpha value is -1.18. The predicted molar refractivity (Wildman–Crippen MR) is 98.6 cm³/mol. The molecule has 5 nitrogen and oxygen atoms in total. The van der Waals surface area contributed by atoms with E-state index in [1.165, 1.54) is 4.31 Å². The predicted octanol–water partition coefficient (Wildman–Crippen LogP) is 2.79. The molecule has 24 heavy (non-hydrogen) atoms. The molecule has 1 aromatic rings. The monoisotopic (exact) mass is 414 g/mol. The van der Waals surface area contributed by atoms with E-state index in [0.717, 1.165) is 5.56 Å². The first-order valence-corrected chi connectivity index (χ1v) is 10.1. The molecule has 0 radical (unpaired) electrons. The number of rotatable bonds is 5. The van der Waals surface area contributed by atoms with Crippen molar-refractivity contribution in [2.75, 3.05) is 13.1 Å². The third-order valence-corrected chi connectivity index (χ3v) is 6.63. The molecule has 1 aliphatic rings. The van der Waals surface area contributed by atoms with Gasteiger partial charge in [-0.15, -0.1) is 0 Å². The molecule has 7 heteroatoms. The van der Waals surface area contributed by atoms with Crippen molar-refractivity contribution in [3.8, 4) is 0 Å². The molecule has 0 aliphatic carbocycles. The zero-order valence-corrected chi connectivity index (χ0v) is 16.6. The minimum absolute atomic E-state index is 0.279. The first kappa shape index (κ1) is 19.1. The summed E-state index contributed by atoms with van der Waals surface area (Å²) in [6.45, 7) is 9.85. The Balaban J connectivity index is 2.35. The van der Waals surface area contributed by atoms with Crippen LogP contribution in [0.3, 0.4) is 0 Å². The molecule has 132 valence electrons. The summed E-state index contributed by atoms with van der Waals surface area (Å²) in [5.74, 6) is -0.279. The van der Waals surface area contributed by atoms with Crippen molar-refractivity contribution in [3.05, 3.63) is 39.9 Å². The van der Waals surface area contributed by atoms with Gasteiger partial charge in [-0.2, -0.15) is 4.31 Å². The van der Waals surface area contributed by atoms with Crippen LogP contribution in [0.15, 0.2) is 28.1 Å². The number of halogens is 1. The second-order valence-corrected chi connectivity index (χ2v) is 9.19. The zero-order valence-electron chi connectivity index (χ0n) is 14.2. The summed E-state index contributed by atoms with van der Waals surface area (Å²) in [6.07, 6.45) is 1.21. The number of aryl methyl sites for hydroxylation is 3. The Morgan fingerprint density at radius 1 is 1.33 bits per heavy atom. The second-order valence-electron chi connectivity index (χ2n) is 6.24. The van der Waals surface area contributed by atoms with Crippen molar-refractivity contribution in [1.82, 2.24) is 9.62 Å². The first-order chi connectivity index (χ1) is 11.1. The lowest BCUT2D eigenvalue weighted by atomic mass is 10.1. The van der Waals surface area contributed by atoms with Gasteiger partial charge in [0.05, 0.1) is 4.90 Å². The van der Waals surface area contributed by atoms with Gasteiger partial charge in [0.2, 0.25) is 15.9 Å². The standard InChI is InChI=1S/C17H23BrN2O3S/c1-11-8-12(2)16(13(3)9-11)24(22,23)20-7-5-6-15(20)17(21)19-10-14(4)18/h8-9,15H,4-7,10H2,1-3H3,(H,19,21). The van der Waals surface area contributed by atoms with E-state index in [0.29, 0.717) is 39.9 Å². The highest BCUT2D eigenvalue weighted by atomic mass is 79.9. The molecule has 0 spiro atoms. The van der Waals surface area contributed by atoms with Gasteiger partial charge in [0.25, 0.3) is 0 Å². The van der Waals surface area contributed by atoms with Gasteiger partial charge in [-0.25, -0.2) is 8.42 Å². The molecule has 2 rings (SSSR count). The van der Waals surface area contributed by atoms with Crippen molar-refractivity contribution >= 4 is 31.9 Å². The van der Waals surface area contributed by atoms with Crippen LogP contribution in [-0.4, -0.2) is 37.8 Å². The average molecular weight is 415 g/mol. The maximum Gasteiger partial charge on any atom is 0.244 e. The van der Waals surface area contributed by atoms with E-state index in [1.54, 1.807) is 13.8 Å². The van der Waals surface area contributed by atoms with Gasteiger partial charge in [0, 0.05) is 17.6 Å². The summed E-state index contributed by atoms with van der Waals surface area (Å²) in [5.41, 5.74) is 2.45. The quantitative estimate of drug-likeness (QED) is 0.805. The van der Waals surface area contributed by atoms with Crippen LogP contribution in [0, 0.1) is 20.8 Å². The molecule has 1 N–H and O–H groups in total. The van der Waals surface area contributed by atoms with Gasteiger partial charge >= 0.3 is 0 Å². The Labute approximate surface area is 152 Å². The molecule has 1 amide bonds. The fourth-order valence-corrected chi connectivity index (χ4v) is 5.49. The number of hydrogen-bond donors (Lipinski definition) is 1. The van der Waals surface area contributed by atoms with Crippen LogP contribution in [-0.2, 0) is 14.8 Å². The van der Waals surface area contributed by atoms with Crippen LogP contribution in [0.2, 0.25) is 0 Å². The molecule has 1 aromatic carbocycles. The van der Waals surface area contributed by atoms with Crippen LogP contribution in [0.5, 0.6) is 0 Å². The van der Waals surface area contributed by atoms with Crippen LogP contribution in [0.25, 0.3) is 0 Å². The SMILES string of the molecule is C=C(Br)CNC(=O)C1CCCN1S(=O)(=O)c1c(C)cc(C)cc1C. The lowest BCUT2D eigenvalue weighted by Crippen LogP contribution is -2.46. The van der Waals surface area contributed by atoms with Crippen LogP contribution < -0.4 is 5.32 Å². The number of carbonyl (C=O) groups is 1. The van der Waals surface area contributed by atoms with Gasteiger partial charge in [-0.05, 0) is 44.7 Å². The Morgan fingerprint density at radius 2 is 1.92 bits per heavy atom. The van der Waals surface area contributed by atoms with Crippen molar-refractivity contribution in [1.29, 1.82) is 0 Å². The number of benzene rings is 1. The summed E-state index contributed by atoms with van der Waals surface area (Å²) in [5, 5.41) is 2.72. The van der Waals surface area contributed by atoms with Gasteiger partial charge < -0.3 is 5.32 Å². The molecule has 1 unspecified atom stereocenters. The molecule has 1 atom stereocenters. The maximum absolute atomic E-state index is 13.2. The van der Waals surface area contributed by atoms with Crippen LogP contribution >= 0.6 is 15.9 Å². The van der Waals surface area contributed by atoms with Gasteiger partial charge in [-0.1, -0.05) is 40.2 Å². The fraction of sp³-hybridized carbons (Fsp3) is 0.471. The second kappa shape index (κ2) is 7.37. The number of nitrogens with one attached hydrogen (secondary N) is 1. The summed E-state index contributed by atoms with van der Waals surface area (Å²) in [4.78, 5) is 12.7. The lowest BCUT2D eigenvalue weighted by Gasteiger charge is -2.25. The Bertz CT molecular complexity index is 751. The van der Waals surface area contributed by atoms with E-state index < -0.39 is 16.1 Å². The van der Waals surface area contributed by atoms with E-state index in [4.69, 9.17) is 0 Å². The molecule has 0 saturated carbocycles. The smallest absolute Gasteiger partial charge is 0.244 e. The van der Waals surface area contributed by atoms with E-state index in [-0.39, 0.29) is 12.5 Å². The van der Waals surface area contributed by atoms with Crippen molar-refractivity contribution in [3.63, 3.8) is 0 Å². The van der Waals surface area contributed by atoms with E-state index in [2.05, 4.69) is 27.8 Å². The molecular weight excluding hydrogens is 392 g/mol. The normalized spacial score (nSPS) is 18.6. The molecule has 1 aliphatic heterocycles. The number of carbonyl (C=O) groups excluding carboxylic acids is 1. The summed E-state index contributed by atoms with van der Waals surface area (Å²) in [6, 6.07) is 3.06. The van der Waals surface area contributed by atoms with Gasteiger partial charge in [0.1, 0.15) is 6.04 Å². The highest BCUT2D eigenvalue weighted by molar-refractivity contribution is 9.11. The highest BCUT2D eigenvalue weighted by Gasteiger charge is 2.40. The fourth-order valence-electron chi connectivity index (χ4n) is 3.28. The average Bonchev–Trinajstić information content (AvgIpc) is 2.93. The minimum Gasteiger partial charge on any atom is -0.350 e. The van der Waals surface area contributed by atoms with Crippen molar-refractivity contribution in [2.45, 2.75) is 44.6 Å². The molecule has 1 saturated heterocycles. The summed E-state index contributed by atoms with van der Waals surface area (Å²) >= 11 is 3.19. The summed E-state index contributed by atoms with van der Waals surface area (Å²) in [7, 11) is -3.71. The Morgan fingerprint density at radius 3 is 2.46 bits per heavy atom. The van der Waals surface area contributed by atoms with E-state index in [1.807, 2.05) is 19.1 Å².